The number of piperazine rings is 1. The molecule has 13 heteroatoms. The lowest BCUT2D eigenvalue weighted by Gasteiger charge is -2.36. The van der Waals surface area contributed by atoms with Crippen LogP contribution in [0.15, 0.2) is 41.1 Å². The van der Waals surface area contributed by atoms with Crippen LogP contribution in [0.4, 0.5) is 24.8 Å². The van der Waals surface area contributed by atoms with Crippen molar-refractivity contribution in [2.75, 3.05) is 43.4 Å². The van der Waals surface area contributed by atoms with Crippen molar-refractivity contribution in [2.24, 2.45) is 0 Å². The number of furan rings is 1. The summed E-state index contributed by atoms with van der Waals surface area (Å²) in [5, 5.41) is 9.56. The molecule has 0 atom stereocenters. The van der Waals surface area contributed by atoms with E-state index in [0.717, 1.165) is 6.07 Å². The summed E-state index contributed by atoms with van der Waals surface area (Å²) in [7, 11) is 0. The van der Waals surface area contributed by atoms with E-state index in [1.54, 1.807) is 34.2 Å². The highest BCUT2D eigenvalue weighted by molar-refractivity contribution is 5.90. The number of halogens is 3. The van der Waals surface area contributed by atoms with Gasteiger partial charge in [0.2, 0.25) is 11.8 Å². The first kappa shape index (κ1) is 21.4. The van der Waals surface area contributed by atoms with E-state index in [9.17, 15) is 13.2 Å². The Morgan fingerprint density at radius 1 is 0.943 bits per heavy atom. The Morgan fingerprint density at radius 2 is 1.77 bits per heavy atom. The molecular formula is C22H20F3N9O. The molecule has 5 aromatic rings. The summed E-state index contributed by atoms with van der Waals surface area (Å²) in [6.45, 7) is 3.46. The van der Waals surface area contributed by atoms with Gasteiger partial charge in [0, 0.05) is 32.7 Å². The Hall–Kier alpha value is -4.13. The van der Waals surface area contributed by atoms with Gasteiger partial charge in [0.05, 0.1) is 30.1 Å². The third-order valence-corrected chi connectivity index (χ3v) is 6.19. The first-order valence-electron chi connectivity index (χ1n) is 11.0. The van der Waals surface area contributed by atoms with Gasteiger partial charge in [-0.25, -0.2) is 22.8 Å². The van der Waals surface area contributed by atoms with Crippen molar-refractivity contribution in [2.45, 2.75) is 6.54 Å². The van der Waals surface area contributed by atoms with Gasteiger partial charge in [-0.3, -0.25) is 4.90 Å². The van der Waals surface area contributed by atoms with Gasteiger partial charge in [0.25, 0.3) is 0 Å². The van der Waals surface area contributed by atoms with Crippen LogP contribution in [0, 0.1) is 17.5 Å². The molecule has 35 heavy (non-hydrogen) atoms. The van der Waals surface area contributed by atoms with E-state index in [1.807, 2.05) is 0 Å². The van der Waals surface area contributed by atoms with Crippen molar-refractivity contribution in [3.8, 4) is 11.6 Å². The molecule has 0 amide bonds. The highest BCUT2D eigenvalue weighted by Crippen LogP contribution is 2.25. The van der Waals surface area contributed by atoms with Crippen molar-refractivity contribution in [1.29, 1.82) is 0 Å². The molecule has 0 aliphatic carbocycles. The van der Waals surface area contributed by atoms with Gasteiger partial charge < -0.3 is 15.1 Å². The molecule has 1 fully saturated rings. The Balaban J connectivity index is 1.17. The van der Waals surface area contributed by atoms with E-state index >= 15 is 0 Å². The molecule has 1 aliphatic rings. The van der Waals surface area contributed by atoms with E-state index < -0.39 is 17.5 Å². The third kappa shape index (κ3) is 3.64. The molecule has 0 bridgehead atoms. The highest BCUT2D eigenvalue weighted by Gasteiger charge is 2.23. The maximum absolute atomic E-state index is 14.1. The molecular weight excluding hydrogens is 463 g/mol. The van der Waals surface area contributed by atoms with Crippen molar-refractivity contribution >= 4 is 28.3 Å². The summed E-state index contributed by atoms with van der Waals surface area (Å²) in [6.07, 6.45) is 3.23. The van der Waals surface area contributed by atoms with Gasteiger partial charge in [0.15, 0.2) is 34.5 Å². The van der Waals surface area contributed by atoms with Crippen LogP contribution in [-0.2, 0) is 6.54 Å². The van der Waals surface area contributed by atoms with Crippen LogP contribution in [0.5, 0.6) is 0 Å². The van der Waals surface area contributed by atoms with Gasteiger partial charge in [-0.15, -0.1) is 5.10 Å². The van der Waals surface area contributed by atoms with Crippen LogP contribution < -0.4 is 10.6 Å². The van der Waals surface area contributed by atoms with Crippen LogP contribution >= 0.6 is 0 Å². The second-order valence-corrected chi connectivity index (χ2v) is 8.25. The average molecular weight is 483 g/mol. The number of fused-ring (bicyclic) bond motifs is 3. The highest BCUT2D eigenvalue weighted by atomic mass is 19.2. The minimum absolute atomic E-state index is 0.0764. The van der Waals surface area contributed by atoms with E-state index in [0.29, 0.717) is 67.5 Å². The Kier molecular flexibility index (Phi) is 5.06. The van der Waals surface area contributed by atoms with Gasteiger partial charge in [-0.1, -0.05) is 0 Å². The first-order valence-corrected chi connectivity index (χ1v) is 11.0. The minimum atomic E-state index is -1.44. The normalized spacial score (nSPS) is 15.0. The minimum Gasteiger partial charge on any atom is -0.461 e. The molecule has 5 heterocycles. The van der Waals surface area contributed by atoms with E-state index in [2.05, 4.69) is 25.1 Å². The molecule has 4 aromatic heterocycles. The van der Waals surface area contributed by atoms with Crippen molar-refractivity contribution in [1.82, 2.24) is 34.3 Å². The zero-order valence-corrected chi connectivity index (χ0v) is 18.4. The zero-order chi connectivity index (χ0) is 24.1. The molecule has 1 aliphatic heterocycles. The monoisotopic (exact) mass is 483 g/mol. The molecule has 1 saturated heterocycles. The number of aromatic nitrogens is 6. The lowest BCUT2D eigenvalue weighted by molar-refractivity contribution is 0.244. The fraction of sp³-hybridized carbons (Fsp3) is 0.273. The van der Waals surface area contributed by atoms with Crippen molar-refractivity contribution in [3.05, 3.63) is 54.2 Å². The largest absolute Gasteiger partial charge is 0.461 e. The van der Waals surface area contributed by atoms with Gasteiger partial charge in [0.1, 0.15) is 0 Å². The second-order valence-electron chi connectivity index (χ2n) is 8.25. The molecule has 0 spiro atoms. The molecule has 1 aromatic carbocycles. The smallest absolute Gasteiger partial charge is 0.225 e. The number of nitrogen functional groups attached to an aromatic ring is 1. The Labute approximate surface area is 196 Å². The number of hydrogen-bond acceptors (Lipinski definition) is 8. The molecule has 180 valence electrons. The van der Waals surface area contributed by atoms with Crippen LogP contribution in [0.1, 0.15) is 0 Å². The van der Waals surface area contributed by atoms with Gasteiger partial charge >= 0.3 is 0 Å². The number of anilines is 2. The van der Waals surface area contributed by atoms with Crippen LogP contribution in [0.25, 0.3) is 28.3 Å². The number of hydrogen-bond donors (Lipinski definition) is 1. The van der Waals surface area contributed by atoms with Crippen LogP contribution in [0.2, 0.25) is 0 Å². The molecule has 10 nitrogen and oxygen atoms in total. The topological polar surface area (TPSA) is 107 Å². The lowest BCUT2D eigenvalue weighted by atomic mass is 10.2. The van der Waals surface area contributed by atoms with Crippen LogP contribution in [-0.4, -0.2) is 67.0 Å². The average Bonchev–Trinajstić information content (AvgIpc) is 3.61. The van der Waals surface area contributed by atoms with Gasteiger partial charge in [-0.05, 0) is 24.3 Å². The third-order valence-electron chi connectivity index (χ3n) is 6.19. The summed E-state index contributed by atoms with van der Waals surface area (Å²) in [4.78, 5) is 12.9. The van der Waals surface area contributed by atoms with E-state index in [4.69, 9.17) is 10.2 Å². The fourth-order valence-electron chi connectivity index (χ4n) is 4.34. The zero-order valence-electron chi connectivity index (χ0n) is 18.4. The molecule has 6 rings (SSSR count). The van der Waals surface area contributed by atoms with E-state index in [-0.39, 0.29) is 11.6 Å². The predicted octanol–water partition coefficient (Wildman–Crippen LogP) is 2.56. The Bertz CT molecular complexity index is 1520. The molecule has 0 saturated carbocycles. The number of nitrogens with zero attached hydrogens (tertiary/aromatic N) is 8. The van der Waals surface area contributed by atoms with Gasteiger partial charge in [-0.2, -0.15) is 14.6 Å². The predicted molar refractivity (Wildman–Crippen MR) is 121 cm³/mol. The summed E-state index contributed by atoms with van der Waals surface area (Å²) in [5.74, 6) is -2.68. The van der Waals surface area contributed by atoms with E-state index in [1.165, 1.54) is 10.6 Å². The number of rotatable bonds is 5. The standard InChI is InChI=1S/C22H20F3N9O/c23-14-3-4-15(18(25)17(14)24)32-8-5-31(6-9-32)7-10-33-20-13(12-27-33)21-28-19(16-2-1-11-35-16)30-34(21)22(26)29-20/h1-4,11-12H,5-10H2,(H2,26,29). The van der Waals surface area contributed by atoms with Crippen molar-refractivity contribution < 1.29 is 17.6 Å². The maximum Gasteiger partial charge on any atom is 0.225 e. The second kappa shape index (κ2) is 8.27. The summed E-state index contributed by atoms with van der Waals surface area (Å²) in [6, 6.07) is 5.74. The SMILES string of the molecule is Nc1nc2c(cnn2CCN2CCN(c3ccc(F)c(F)c3F)CC2)c2nc(-c3ccco3)nn12. The molecule has 2 N–H and O–H groups in total. The van der Waals surface area contributed by atoms with Crippen LogP contribution in [0.3, 0.4) is 0 Å². The summed E-state index contributed by atoms with van der Waals surface area (Å²) < 4.78 is 49.6. The lowest BCUT2D eigenvalue weighted by Crippen LogP contribution is -2.47. The molecule has 0 unspecified atom stereocenters. The number of nitrogens with two attached hydrogens (primary N) is 1. The fourth-order valence-corrected chi connectivity index (χ4v) is 4.34. The quantitative estimate of drug-likeness (QED) is 0.380. The molecule has 0 radical (unpaired) electrons. The van der Waals surface area contributed by atoms with Crippen molar-refractivity contribution in [3.63, 3.8) is 0 Å². The maximum atomic E-state index is 14.1. The summed E-state index contributed by atoms with van der Waals surface area (Å²) >= 11 is 0. The Morgan fingerprint density at radius 3 is 2.54 bits per heavy atom. The number of benzene rings is 1. The first-order chi connectivity index (χ1) is 17.0. The summed E-state index contributed by atoms with van der Waals surface area (Å²) in [5.41, 5.74) is 7.34.